The standard InChI is InChI=1S/C48H36BN3O2.Pt/c1-48(2,3)36-26-28-50-46(30-36)52-44-23-11-10-20-42(44)43-25-24-39(32-45(43)52)53-38-19-12-18-37(31-38)51-29-27-49(33-51)54-47-40(34-14-6-4-7-15-34)21-13-22-41(47)35-16-8-5-9-17-35;/h4-30H,1-3H3;/q-2;/i4D,5D,6D,7D,8D,9D,14D,15D,16D,17D;. The Morgan fingerprint density at radius 3 is 2.16 bits per heavy atom. The number of aromatic nitrogens is 2. The number of fused-ring (bicyclic) bond motifs is 3. The van der Waals surface area contributed by atoms with Gasteiger partial charge in [0.1, 0.15) is 17.7 Å². The van der Waals surface area contributed by atoms with Crippen LogP contribution in [0.15, 0.2) is 164 Å². The number of pyridine rings is 1. The molecule has 5 nitrogen and oxygen atoms in total. The van der Waals surface area contributed by atoms with Gasteiger partial charge in [-0.3, -0.25) is 0 Å². The second kappa shape index (κ2) is 15.0. The Hall–Kier alpha value is -5.97. The first-order chi connectivity index (χ1) is 30.5. The molecule has 0 fully saturated rings. The predicted molar refractivity (Wildman–Crippen MR) is 219 cm³/mol. The molecule has 0 N–H and O–H groups in total. The summed E-state index contributed by atoms with van der Waals surface area (Å²) in [7, 11) is 0. The minimum atomic E-state index is -0.963. The summed E-state index contributed by atoms with van der Waals surface area (Å²) in [4.78, 5) is 4.76. The first kappa shape index (κ1) is 25.9. The topological polar surface area (TPSA) is 39.3 Å². The van der Waals surface area contributed by atoms with Gasteiger partial charge in [0.2, 0.25) is 0 Å². The molecule has 1 aliphatic heterocycles. The molecule has 8 aromatic rings. The van der Waals surface area contributed by atoms with Crippen molar-refractivity contribution in [2.24, 2.45) is 0 Å². The molecule has 0 aliphatic carbocycles. The summed E-state index contributed by atoms with van der Waals surface area (Å²) in [6.45, 7) is 5.53. The third kappa shape index (κ3) is 7.18. The number of hydrogen-bond donors (Lipinski definition) is 0. The average molecular weight is 903 g/mol. The maximum absolute atomic E-state index is 8.75. The summed E-state index contributed by atoms with van der Waals surface area (Å²) in [5.41, 5.74) is 3.12. The van der Waals surface area contributed by atoms with Crippen LogP contribution in [0.25, 0.3) is 49.9 Å². The summed E-state index contributed by atoms with van der Waals surface area (Å²) in [5.74, 6) is 3.19. The molecule has 9 rings (SSSR count). The number of rotatable bonds is 8. The van der Waals surface area contributed by atoms with E-state index in [1.165, 1.54) is 18.2 Å². The molecule has 0 unspecified atom stereocenters. The summed E-state index contributed by atoms with van der Waals surface area (Å²) in [5, 5.41) is 2.04. The third-order valence-electron chi connectivity index (χ3n) is 9.10. The van der Waals surface area contributed by atoms with Crippen LogP contribution in [0.1, 0.15) is 40.0 Å². The fourth-order valence-corrected chi connectivity index (χ4v) is 6.49. The monoisotopic (exact) mass is 902 g/mol. The van der Waals surface area contributed by atoms with Gasteiger partial charge in [0.15, 0.2) is 0 Å². The quantitative estimate of drug-likeness (QED) is 0.0866. The summed E-state index contributed by atoms with van der Waals surface area (Å²) < 4.78 is 101. The number of nitrogens with zero attached hydrogens (tertiary/aromatic N) is 3. The van der Waals surface area contributed by atoms with Crippen LogP contribution >= 0.6 is 0 Å². The second-order valence-corrected chi connectivity index (χ2v) is 13.7. The molecule has 1 aliphatic rings. The number of para-hydroxylation sites is 2. The maximum Gasteiger partial charge on any atom is 0.402 e. The van der Waals surface area contributed by atoms with Crippen LogP contribution in [0.4, 0.5) is 5.69 Å². The van der Waals surface area contributed by atoms with Crippen LogP contribution in [0.5, 0.6) is 17.2 Å². The summed E-state index contributed by atoms with van der Waals surface area (Å²) >= 11 is 0. The van der Waals surface area contributed by atoms with Crippen LogP contribution in [-0.4, -0.2) is 27.2 Å². The predicted octanol–water partition coefficient (Wildman–Crippen LogP) is 11.5. The molecule has 270 valence electrons. The zero-order valence-electron chi connectivity index (χ0n) is 39.9. The van der Waals surface area contributed by atoms with E-state index in [-0.39, 0.29) is 54.5 Å². The largest absolute Gasteiger partial charge is 0.559 e. The molecule has 0 amide bonds. The minimum absolute atomic E-state index is 0. The van der Waals surface area contributed by atoms with Crippen LogP contribution < -0.4 is 9.39 Å². The molecule has 7 heteroatoms. The van der Waals surface area contributed by atoms with Crippen molar-refractivity contribution >= 4 is 40.5 Å². The van der Waals surface area contributed by atoms with Gasteiger partial charge in [-0.05, 0) is 51.4 Å². The van der Waals surface area contributed by atoms with E-state index in [2.05, 4.69) is 61.8 Å². The second-order valence-electron chi connectivity index (χ2n) is 13.7. The molecular weight excluding hydrogens is 856 g/mol. The van der Waals surface area contributed by atoms with Gasteiger partial charge >= 0.3 is 6.92 Å². The van der Waals surface area contributed by atoms with Crippen molar-refractivity contribution in [3.8, 4) is 45.3 Å². The van der Waals surface area contributed by atoms with Gasteiger partial charge in [0, 0.05) is 55.4 Å². The van der Waals surface area contributed by atoms with Crippen molar-refractivity contribution in [1.29, 1.82) is 0 Å². The minimum Gasteiger partial charge on any atom is -0.559 e. The molecule has 0 radical (unpaired) electrons. The van der Waals surface area contributed by atoms with Crippen molar-refractivity contribution in [3.63, 3.8) is 0 Å². The van der Waals surface area contributed by atoms with E-state index in [0.29, 0.717) is 17.2 Å². The zero-order valence-corrected chi connectivity index (χ0v) is 32.1. The SMILES string of the molecule is [2H]c1c([2H])c([2H])c(-c2cccc(-c3c([2H])c([2H])c([2H])c([2H])c3[2H])c2OB2[C-]=[N+](c3[c-]c(Oc4[c-]c5c(cc4)c4ccccc4n5-c4cc(C(C)(C)C)ccn4)ccc3)C=C2)c([2H])c1[2H].[Pt]. The molecule has 3 heterocycles. The Morgan fingerprint density at radius 1 is 0.745 bits per heavy atom. The van der Waals surface area contributed by atoms with E-state index >= 15 is 0 Å². The van der Waals surface area contributed by atoms with Crippen molar-refractivity contribution in [1.82, 2.24) is 9.55 Å². The number of ether oxygens (including phenoxy) is 1. The van der Waals surface area contributed by atoms with E-state index in [1.807, 2.05) is 36.5 Å². The van der Waals surface area contributed by atoms with Gasteiger partial charge in [0.05, 0.1) is 19.9 Å². The average Bonchev–Trinajstić information content (AvgIpc) is 3.89. The molecule has 2 aromatic heterocycles. The first-order valence-corrected chi connectivity index (χ1v) is 17.3. The van der Waals surface area contributed by atoms with Crippen molar-refractivity contribution in [2.45, 2.75) is 26.2 Å². The van der Waals surface area contributed by atoms with Crippen LogP contribution in [0.3, 0.4) is 0 Å². The molecular formula is C48H36BN3O2Pt-2. The number of benzene rings is 6. The molecule has 0 spiro atoms. The van der Waals surface area contributed by atoms with Gasteiger partial charge < -0.3 is 18.5 Å². The number of hydrogen-bond acceptors (Lipinski definition) is 3. The van der Waals surface area contributed by atoms with E-state index in [1.54, 1.807) is 34.9 Å². The summed E-state index contributed by atoms with van der Waals surface area (Å²) in [6, 6.07) is 27.3. The fourth-order valence-electron chi connectivity index (χ4n) is 6.49. The van der Waals surface area contributed by atoms with E-state index in [0.717, 1.165) is 33.2 Å². The van der Waals surface area contributed by atoms with Crippen molar-refractivity contribution in [3.05, 3.63) is 181 Å². The normalized spacial score (nSPS) is 15.0. The van der Waals surface area contributed by atoms with Crippen LogP contribution in [0.2, 0.25) is 0 Å². The molecule has 0 saturated heterocycles. The van der Waals surface area contributed by atoms with Crippen molar-refractivity contribution in [2.75, 3.05) is 0 Å². The van der Waals surface area contributed by atoms with E-state index < -0.39 is 67.3 Å². The smallest absolute Gasteiger partial charge is 0.402 e. The third-order valence-corrected chi connectivity index (χ3v) is 9.10. The Balaban J connectivity index is 0.00000576. The van der Waals surface area contributed by atoms with Gasteiger partial charge in [-0.25, -0.2) is 4.98 Å². The fraction of sp³-hybridized carbons (Fsp3) is 0.0833. The van der Waals surface area contributed by atoms with Crippen LogP contribution in [-0.2, 0) is 26.5 Å². The van der Waals surface area contributed by atoms with Crippen molar-refractivity contribution < 1.29 is 48.7 Å². The molecule has 0 saturated carbocycles. The Morgan fingerprint density at radius 2 is 1.44 bits per heavy atom. The Bertz CT molecular complexity index is 3170. The Kier molecular flexibility index (Phi) is 7.10. The summed E-state index contributed by atoms with van der Waals surface area (Å²) in [6.07, 6.45) is 6.72. The molecule has 55 heavy (non-hydrogen) atoms. The maximum atomic E-state index is 8.75. The Labute approximate surface area is 350 Å². The molecule has 6 aromatic carbocycles. The van der Waals surface area contributed by atoms with Gasteiger partial charge in [-0.15, -0.1) is 29.7 Å². The van der Waals surface area contributed by atoms with E-state index in [9.17, 15) is 0 Å². The first-order valence-electron chi connectivity index (χ1n) is 22.3. The molecule has 0 bridgehead atoms. The van der Waals surface area contributed by atoms with Gasteiger partial charge in [-0.2, -0.15) is 18.2 Å². The molecule has 0 atom stereocenters. The van der Waals surface area contributed by atoms with E-state index in [4.69, 9.17) is 28.1 Å². The van der Waals surface area contributed by atoms with Gasteiger partial charge in [0.25, 0.3) is 0 Å². The van der Waals surface area contributed by atoms with Gasteiger partial charge in [-0.1, -0.05) is 129 Å². The zero-order chi connectivity index (χ0) is 45.4. The van der Waals surface area contributed by atoms with Crippen LogP contribution in [0, 0.1) is 12.1 Å².